The Balaban J connectivity index is 1.56. The van der Waals surface area contributed by atoms with Gasteiger partial charge in [-0.2, -0.15) is 5.26 Å². The average Bonchev–Trinajstić information content (AvgIpc) is 3.44. The maximum absolute atomic E-state index is 13.8. The minimum absolute atomic E-state index is 0.354. The van der Waals surface area contributed by atoms with Gasteiger partial charge in [0.1, 0.15) is 5.92 Å². The summed E-state index contributed by atoms with van der Waals surface area (Å²) in [6.45, 7) is 4.94. The highest BCUT2D eigenvalue weighted by molar-refractivity contribution is 6.23. The van der Waals surface area contributed by atoms with Crippen molar-refractivity contribution in [2.45, 2.75) is 32.4 Å². The first kappa shape index (κ1) is 24.3. The second kappa shape index (κ2) is 10.3. The minimum atomic E-state index is -0.986. The van der Waals surface area contributed by atoms with Gasteiger partial charge in [0, 0.05) is 0 Å². The number of para-hydroxylation sites is 1. The van der Waals surface area contributed by atoms with Crippen LogP contribution in [-0.2, 0) is 14.4 Å². The Bertz CT molecular complexity index is 1340. The zero-order valence-corrected chi connectivity index (χ0v) is 20.7. The summed E-state index contributed by atoms with van der Waals surface area (Å²) in [5, 5.41) is 10.8. The number of nitrogens with zero attached hydrogens (tertiary/aromatic N) is 3. The van der Waals surface area contributed by atoms with Gasteiger partial charge in [0.2, 0.25) is 5.91 Å². The molecule has 2 heterocycles. The lowest BCUT2D eigenvalue weighted by atomic mass is 9.90. The van der Waals surface area contributed by atoms with Crippen LogP contribution in [0.1, 0.15) is 37.4 Å². The van der Waals surface area contributed by atoms with Crippen LogP contribution >= 0.6 is 0 Å². The van der Waals surface area contributed by atoms with Gasteiger partial charge in [-0.05, 0) is 67.4 Å². The van der Waals surface area contributed by atoms with Gasteiger partial charge in [0.05, 0.1) is 42.3 Å². The summed E-state index contributed by atoms with van der Waals surface area (Å²) in [6.07, 6.45) is -0.128. The summed E-state index contributed by atoms with van der Waals surface area (Å²) in [5.74, 6) is -0.364. The second-order valence-electron chi connectivity index (χ2n) is 8.82. The van der Waals surface area contributed by atoms with Crippen LogP contribution in [0.25, 0.3) is 0 Å². The average molecular weight is 498 g/mol. The van der Waals surface area contributed by atoms with Gasteiger partial charge in [-0.25, -0.2) is 9.96 Å². The van der Waals surface area contributed by atoms with Gasteiger partial charge in [-0.1, -0.05) is 31.2 Å². The SMILES string of the molecule is CCCOc1ccc([C@H]2[C@H]3C(=O)N(c4ccc(C#N)cc4)C(=O)[C@@H]3ON2c2ccccc2)cc1OCC. The summed E-state index contributed by atoms with van der Waals surface area (Å²) in [5.41, 5.74) is 2.36. The van der Waals surface area contributed by atoms with Gasteiger partial charge in [-0.3, -0.25) is 14.4 Å². The summed E-state index contributed by atoms with van der Waals surface area (Å²) < 4.78 is 11.7. The number of amides is 2. The molecule has 0 aromatic heterocycles. The van der Waals surface area contributed by atoms with Gasteiger partial charge < -0.3 is 9.47 Å². The molecule has 2 aliphatic heterocycles. The molecule has 2 saturated heterocycles. The Morgan fingerprint density at radius 3 is 2.32 bits per heavy atom. The minimum Gasteiger partial charge on any atom is -0.490 e. The molecule has 8 heteroatoms. The molecule has 2 fully saturated rings. The number of anilines is 2. The summed E-state index contributed by atoms with van der Waals surface area (Å²) in [6, 6.07) is 22.9. The molecular formula is C29H27N3O5. The lowest BCUT2D eigenvalue weighted by Crippen LogP contribution is -2.37. The lowest BCUT2D eigenvalue weighted by molar-refractivity contribution is -0.126. The summed E-state index contributed by atoms with van der Waals surface area (Å²) >= 11 is 0. The topological polar surface area (TPSA) is 92.1 Å². The van der Waals surface area contributed by atoms with Crippen LogP contribution in [0.4, 0.5) is 11.4 Å². The third kappa shape index (κ3) is 4.39. The normalized spacial score (nSPS) is 20.6. The molecule has 0 saturated carbocycles. The number of carbonyl (C=O) groups excluding carboxylic acids is 2. The highest BCUT2D eigenvalue weighted by Gasteiger charge is 2.60. The summed E-state index contributed by atoms with van der Waals surface area (Å²) in [4.78, 5) is 34.7. The fourth-order valence-electron chi connectivity index (χ4n) is 4.80. The Morgan fingerprint density at radius 2 is 1.65 bits per heavy atom. The van der Waals surface area contributed by atoms with Crippen molar-refractivity contribution in [1.82, 2.24) is 0 Å². The summed E-state index contributed by atoms with van der Waals surface area (Å²) in [7, 11) is 0. The zero-order valence-electron chi connectivity index (χ0n) is 20.7. The quantitative estimate of drug-likeness (QED) is 0.413. The number of carbonyl (C=O) groups is 2. The molecule has 3 aromatic carbocycles. The van der Waals surface area contributed by atoms with Crippen molar-refractivity contribution in [3.05, 3.63) is 83.9 Å². The van der Waals surface area contributed by atoms with Gasteiger partial charge >= 0.3 is 0 Å². The van der Waals surface area contributed by atoms with Crippen LogP contribution < -0.4 is 19.4 Å². The number of hydrogen-bond acceptors (Lipinski definition) is 7. The van der Waals surface area contributed by atoms with E-state index < -0.39 is 24.0 Å². The molecule has 3 atom stereocenters. The fourth-order valence-corrected chi connectivity index (χ4v) is 4.80. The molecule has 2 amide bonds. The predicted molar refractivity (Wildman–Crippen MR) is 137 cm³/mol. The van der Waals surface area contributed by atoms with Crippen molar-refractivity contribution in [1.29, 1.82) is 5.26 Å². The first-order chi connectivity index (χ1) is 18.1. The molecule has 0 bridgehead atoms. The van der Waals surface area contributed by atoms with E-state index in [-0.39, 0.29) is 5.91 Å². The Kier molecular flexibility index (Phi) is 6.80. The van der Waals surface area contributed by atoms with Crippen LogP contribution in [0.5, 0.6) is 11.5 Å². The third-order valence-corrected chi connectivity index (χ3v) is 6.45. The molecule has 0 radical (unpaired) electrons. The Labute approximate surface area is 215 Å². The van der Waals surface area contributed by atoms with E-state index in [9.17, 15) is 9.59 Å². The van der Waals surface area contributed by atoms with E-state index in [4.69, 9.17) is 19.6 Å². The number of fused-ring (bicyclic) bond motifs is 1. The first-order valence-corrected chi connectivity index (χ1v) is 12.4. The van der Waals surface area contributed by atoms with Crippen molar-refractivity contribution in [3.63, 3.8) is 0 Å². The maximum Gasteiger partial charge on any atom is 0.266 e. The molecule has 37 heavy (non-hydrogen) atoms. The molecule has 0 aliphatic carbocycles. The van der Waals surface area contributed by atoms with Crippen LogP contribution in [0.2, 0.25) is 0 Å². The van der Waals surface area contributed by atoms with E-state index in [0.717, 1.165) is 22.6 Å². The Morgan fingerprint density at radius 1 is 0.892 bits per heavy atom. The van der Waals surface area contributed by atoms with Gasteiger partial charge in [0.15, 0.2) is 17.6 Å². The third-order valence-electron chi connectivity index (χ3n) is 6.45. The number of imide groups is 1. The van der Waals surface area contributed by atoms with Crippen molar-refractivity contribution in [2.24, 2.45) is 5.92 Å². The number of hydroxylamine groups is 1. The van der Waals surface area contributed by atoms with E-state index in [1.54, 1.807) is 29.3 Å². The second-order valence-corrected chi connectivity index (χ2v) is 8.82. The van der Waals surface area contributed by atoms with E-state index in [2.05, 4.69) is 6.07 Å². The lowest BCUT2D eigenvalue weighted by Gasteiger charge is -2.29. The van der Waals surface area contributed by atoms with E-state index in [0.29, 0.717) is 36.0 Å². The number of nitriles is 1. The van der Waals surface area contributed by atoms with Crippen molar-refractivity contribution in [3.8, 4) is 17.6 Å². The van der Waals surface area contributed by atoms with Crippen molar-refractivity contribution < 1.29 is 23.9 Å². The van der Waals surface area contributed by atoms with Gasteiger partial charge in [-0.15, -0.1) is 0 Å². The number of benzene rings is 3. The molecule has 3 aromatic rings. The molecule has 2 aliphatic rings. The Hall–Kier alpha value is -4.35. The zero-order chi connectivity index (χ0) is 25.9. The first-order valence-electron chi connectivity index (χ1n) is 12.4. The molecule has 0 N–H and O–H groups in total. The predicted octanol–water partition coefficient (Wildman–Crippen LogP) is 4.80. The van der Waals surface area contributed by atoms with E-state index in [1.807, 2.05) is 62.4 Å². The smallest absolute Gasteiger partial charge is 0.266 e. The van der Waals surface area contributed by atoms with Crippen LogP contribution in [0, 0.1) is 17.2 Å². The van der Waals surface area contributed by atoms with Crippen LogP contribution in [0.15, 0.2) is 72.8 Å². The molecule has 0 spiro atoms. The van der Waals surface area contributed by atoms with Crippen molar-refractivity contribution >= 4 is 23.2 Å². The number of hydrogen-bond donors (Lipinski definition) is 0. The van der Waals surface area contributed by atoms with Crippen LogP contribution in [-0.4, -0.2) is 31.1 Å². The molecule has 188 valence electrons. The monoisotopic (exact) mass is 497 g/mol. The highest BCUT2D eigenvalue weighted by atomic mass is 16.7. The van der Waals surface area contributed by atoms with E-state index in [1.165, 1.54) is 0 Å². The van der Waals surface area contributed by atoms with Crippen molar-refractivity contribution in [2.75, 3.05) is 23.2 Å². The highest BCUT2D eigenvalue weighted by Crippen LogP contribution is 2.48. The maximum atomic E-state index is 13.8. The fraction of sp³-hybridized carbons (Fsp3) is 0.276. The molecule has 5 rings (SSSR count). The van der Waals surface area contributed by atoms with Gasteiger partial charge in [0.25, 0.3) is 5.91 Å². The number of ether oxygens (including phenoxy) is 2. The standard InChI is InChI=1S/C29H27N3O5/c1-3-16-36-23-15-12-20(17-24(23)35-4-2)26-25-27(37-32(26)22-8-6-5-7-9-22)29(34)31(28(25)33)21-13-10-19(18-30)11-14-21/h5-15,17,25-27H,3-4,16H2,1-2H3/t25-,26+,27-/m1/s1. The van der Waals surface area contributed by atoms with Crippen LogP contribution in [0.3, 0.4) is 0 Å². The molecular weight excluding hydrogens is 470 g/mol. The molecule has 0 unspecified atom stereocenters. The number of rotatable bonds is 8. The largest absolute Gasteiger partial charge is 0.490 e. The molecule has 8 nitrogen and oxygen atoms in total. The van der Waals surface area contributed by atoms with E-state index >= 15 is 0 Å².